The zero-order valence-corrected chi connectivity index (χ0v) is 17.3. The molecule has 0 spiro atoms. The zero-order valence-electron chi connectivity index (χ0n) is 15.2. The Morgan fingerprint density at radius 1 is 1.12 bits per heavy atom. The molecule has 0 aliphatic rings. The molecule has 0 aliphatic heterocycles. The fourth-order valence-corrected chi connectivity index (χ4v) is 3.37. The lowest BCUT2D eigenvalue weighted by atomic mass is 10.1. The van der Waals surface area contributed by atoms with Crippen LogP contribution in [-0.2, 0) is 11.2 Å². The Bertz CT molecular complexity index is 960. The monoisotopic (exact) mass is 461 g/mol. The first-order valence-electron chi connectivity index (χ1n) is 8.27. The summed E-state index contributed by atoms with van der Waals surface area (Å²) in [6.45, 7) is 7.70. The maximum atomic E-state index is 12.5. The van der Waals surface area contributed by atoms with Gasteiger partial charge in [-0.3, -0.25) is 4.79 Å². The van der Waals surface area contributed by atoms with Crippen LogP contribution in [0.2, 0.25) is 0 Å². The van der Waals surface area contributed by atoms with Crippen LogP contribution in [0.4, 0.5) is 5.69 Å². The molecule has 0 atom stereocenters. The van der Waals surface area contributed by atoms with E-state index in [1.165, 1.54) is 0 Å². The number of hydrogen-bond donors (Lipinski definition) is 1. The van der Waals surface area contributed by atoms with Gasteiger partial charge in [-0.2, -0.15) is 5.10 Å². The Balaban J connectivity index is 1.86. The third-order valence-corrected chi connectivity index (χ3v) is 5.03. The highest BCUT2D eigenvalue weighted by Gasteiger charge is 2.18. The molecule has 3 rings (SSSR count). The molecule has 0 aliphatic carbocycles. The predicted octanol–water partition coefficient (Wildman–Crippen LogP) is 3.68. The fourth-order valence-electron chi connectivity index (χ4n) is 2.85. The number of nitrogens with zero attached hydrogens (tertiary/aromatic N) is 4. The summed E-state index contributed by atoms with van der Waals surface area (Å²) in [5, 5.41) is 7.52. The van der Waals surface area contributed by atoms with Gasteiger partial charge in [0.1, 0.15) is 0 Å². The highest BCUT2D eigenvalue weighted by atomic mass is 127. The third kappa shape index (κ3) is 3.92. The summed E-state index contributed by atoms with van der Waals surface area (Å²) in [6.07, 6.45) is 0.257. The molecular weight excluding hydrogens is 441 g/mol. The van der Waals surface area contributed by atoms with Crippen LogP contribution >= 0.6 is 22.6 Å². The molecule has 0 radical (unpaired) electrons. The molecule has 6 nitrogen and oxygen atoms in total. The van der Waals surface area contributed by atoms with Gasteiger partial charge < -0.3 is 5.32 Å². The average Bonchev–Trinajstić information content (AvgIpc) is 2.84. The number of aryl methyl sites for hydroxylation is 3. The van der Waals surface area contributed by atoms with Crippen LogP contribution in [0.15, 0.2) is 30.3 Å². The van der Waals surface area contributed by atoms with Gasteiger partial charge in [0, 0.05) is 26.2 Å². The van der Waals surface area contributed by atoms with Gasteiger partial charge in [0.05, 0.1) is 17.8 Å². The molecule has 0 saturated heterocycles. The highest BCUT2D eigenvalue weighted by Crippen LogP contribution is 2.20. The molecule has 1 N–H and O–H groups in total. The van der Waals surface area contributed by atoms with E-state index in [1.54, 1.807) is 4.68 Å². The Hall–Kier alpha value is -2.29. The van der Waals surface area contributed by atoms with Crippen molar-refractivity contribution in [1.29, 1.82) is 0 Å². The van der Waals surface area contributed by atoms with E-state index < -0.39 is 0 Å². The van der Waals surface area contributed by atoms with Crippen molar-refractivity contribution in [3.63, 3.8) is 0 Å². The molecule has 7 heteroatoms. The van der Waals surface area contributed by atoms with E-state index in [4.69, 9.17) is 0 Å². The van der Waals surface area contributed by atoms with Gasteiger partial charge in [-0.25, -0.2) is 14.6 Å². The molecule has 2 aromatic heterocycles. The van der Waals surface area contributed by atoms with Crippen molar-refractivity contribution >= 4 is 34.2 Å². The average molecular weight is 461 g/mol. The quantitative estimate of drug-likeness (QED) is 0.602. The largest absolute Gasteiger partial charge is 0.325 e. The van der Waals surface area contributed by atoms with Gasteiger partial charge in [0.2, 0.25) is 5.91 Å². The number of rotatable bonds is 4. The van der Waals surface area contributed by atoms with Crippen LogP contribution in [0.1, 0.15) is 28.3 Å². The van der Waals surface area contributed by atoms with Crippen molar-refractivity contribution in [2.45, 2.75) is 34.1 Å². The van der Waals surface area contributed by atoms with Crippen molar-refractivity contribution in [1.82, 2.24) is 19.7 Å². The number of aromatic nitrogens is 4. The second-order valence-electron chi connectivity index (χ2n) is 6.22. The number of halogens is 1. The number of hydrogen-bond acceptors (Lipinski definition) is 4. The Morgan fingerprint density at radius 3 is 2.42 bits per heavy atom. The molecule has 0 unspecified atom stereocenters. The Morgan fingerprint density at radius 2 is 1.77 bits per heavy atom. The summed E-state index contributed by atoms with van der Waals surface area (Å²) in [7, 11) is 0. The number of nitrogens with one attached hydrogen (secondary N) is 1. The van der Waals surface area contributed by atoms with Gasteiger partial charge >= 0.3 is 0 Å². The zero-order chi connectivity index (χ0) is 18.8. The van der Waals surface area contributed by atoms with Crippen LogP contribution < -0.4 is 5.32 Å². The highest BCUT2D eigenvalue weighted by molar-refractivity contribution is 14.1. The maximum absolute atomic E-state index is 12.5. The first kappa shape index (κ1) is 18.5. The summed E-state index contributed by atoms with van der Waals surface area (Å²) in [5.74, 6) is 0.466. The maximum Gasteiger partial charge on any atom is 0.251 e. The molecular formula is C19H20IN5O. The van der Waals surface area contributed by atoms with Gasteiger partial charge in [-0.05, 0) is 68.5 Å². The number of para-hydroxylation sites is 1. The topological polar surface area (TPSA) is 72.7 Å². The summed E-state index contributed by atoms with van der Waals surface area (Å²) in [6, 6.07) is 9.63. The number of amides is 1. The minimum atomic E-state index is -0.0683. The Kier molecular flexibility index (Phi) is 5.36. The number of anilines is 1. The molecule has 1 amide bonds. The van der Waals surface area contributed by atoms with Gasteiger partial charge in [0.15, 0.2) is 0 Å². The van der Waals surface area contributed by atoms with Crippen LogP contribution in [0.3, 0.4) is 0 Å². The van der Waals surface area contributed by atoms with Crippen molar-refractivity contribution in [3.05, 3.63) is 62.2 Å². The molecule has 2 heterocycles. The summed E-state index contributed by atoms with van der Waals surface area (Å²) < 4.78 is 2.72. The van der Waals surface area contributed by atoms with E-state index in [0.29, 0.717) is 5.95 Å². The van der Waals surface area contributed by atoms with Crippen molar-refractivity contribution in [2.24, 2.45) is 0 Å². The first-order valence-corrected chi connectivity index (χ1v) is 9.35. The standard InChI is InChI=1S/C19H20IN5O/c1-11-9-12(2)22-19(21-11)25-14(4)15(13(3)24-25)10-18(26)23-17-8-6-5-7-16(17)20/h5-9H,10H2,1-4H3,(H,23,26). The van der Waals surface area contributed by atoms with Crippen LogP contribution in [0, 0.1) is 31.3 Å². The summed E-state index contributed by atoms with van der Waals surface area (Å²) in [4.78, 5) is 21.4. The first-order chi connectivity index (χ1) is 12.3. The third-order valence-electron chi connectivity index (χ3n) is 4.09. The van der Waals surface area contributed by atoms with Crippen molar-refractivity contribution in [2.75, 3.05) is 5.32 Å². The lowest BCUT2D eigenvalue weighted by Crippen LogP contribution is -2.16. The SMILES string of the molecule is Cc1cc(C)nc(-n2nc(C)c(CC(=O)Nc3ccccc3I)c2C)n1. The number of carbonyl (C=O) groups excluding carboxylic acids is 1. The van der Waals surface area contributed by atoms with E-state index >= 15 is 0 Å². The summed E-state index contributed by atoms with van der Waals surface area (Å²) >= 11 is 2.21. The molecule has 0 bridgehead atoms. The van der Waals surface area contributed by atoms with E-state index in [0.717, 1.165) is 37.6 Å². The van der Waals surface area contributed by atoms with Crippen LogP contribution in [0.25, 0.3) is 5.95 Å². The lowest BCUT2D eigenvalue weighted by Gasteiger charge is -2.08. The van der Waals surface area contributed by atoms with E-state index in [9.17, 15) is 4.79 Å². The van der Waals surface area contributed by atoms with Gasteiger partial charge in [-0.15, -0.1) is 0 Å². The van der Waals surface area contributed by atoms with Gasteiger partial charge in [0.25, 0.3) is 5.95 Å². The lowest BCUT2D eigenvalue weighted by molar-refractivity contribution is -0.115. The number of carbonyl (C=O) groups is 1. The fraction of sp³-hybridized carbons (Fsp3) is 0.263. The minimum Gasteiger partial charge on any atom is -0.325 e. The predicted molar refractivity (Wildman–Crippen MR) is 110 cm³/mol. The normalized spacial score (nSPS) is 10.8. The van der Waals surface area contributed by atoms with Crippen LogP contribution in [-0.4, -0.2) is 25.7 Å². The number of benzene rings is 1. The van der Waals surface area contributed by atoms with E-state index in [2.05, 4.69) is 43.0 Å². The molecule has 1 aromatic carbocycles. The minimum absolute atomic E-state index is 0.0683. The summed E-state index contributed by atoms with van der Waals surface area (Å²) in [5.41, 5.74) is 5.18. The molecule has 3 aromatic rings. The van der Waals surface area contributed by atoms with Crippen LogP contribution in [0.5, 0.6) is 0 Å². The second kappa shape index (κ2) is 7.53. The van der Waals surface area contributed by atoms with E-state index in [-0.39, 0.29) is 12.3 Å². The smallest absolute Gasteiger partial charge is 0.251 e. The van der Waals surface area contributed by atoms with Crippen molar-refractivity contribution < 1.29 is 4.79 Å². The molecule has 134 valence electrons. The second-order valence-corrected chi connectivity index (χ2v) is 7.38. The molecule has 0 saturated carbocycles. The van der Waals surface area contributed by atoms with Crippen molar-refractivity contribution in [3.8, 4) is 5.95 Å². The Labute approximate surface area is 166 Å². The van der Waals surface area contributed by atoms with Gasteiger partial charge in [-0.1, -0.05) is 12.1 Å². The molecule has 0 fully saturated rings. The molecule has 26 heavy (non-hydrogen) atoms. The van der Waals surface area contributed by atoms with E-state index in [1.807, 2.05) is 58.0 Å².